The molecule has 0 spiro atoms. The van der Waals surface area contributed by atoms with Gasteiger partial charge in [0.25, 0.3) is 0 Å². The van der Waals surface area contributed by atoms with E-state index in [-0.39, 0.29) is 11.9 Å². The molecule has 0 saturated carbocycles. The lowest BCUT2D eigenvalue weighted by Crippen LogP contribution is -2.48. The van der Waals surface area contributed by atoms with E-state index in [2.05, 4.69) is 15.9 Å². The van der Waals surface area contributed by atoms with Crippen molar-refractivity contribution in [1.82, 2.24) is 4.90 Å². The molecule has 1 aliphatic rings. The molecule has 1 aromatic carbocycles. The lowest BCUT2D eigenvalue weighted by molar-refractivity contribution is -0.148. The van der Waals surface area contributed by atoms with Gasteiger partial charge in [0.05, 0.1) is 12.5 Å². The number of halogens is 1. The first-order valence-corrected chi connectivity index (χ1v) is 7.87. The predicted octanol–water partition coefficient (Wildman–Crippen LogP) is 2.66. The molecule has 0 radical (unpaired) electrons. The van der Waals surface area contributed by atoms with Gasteiger partial charge in [-0.3, -0.25) is 9.69 Å². The lowest BCUT2D eigenvalue weighted by Gasteiger charge is -2.36. The third kappa shape index (κ3) is 4.61. The molecule has 1 fully saturated rings. The smallest absolute Gasteiger partial charge is 0.309 e. The lowest BCUT2D eigenvalue weighted by atomic mass is 10.1. The second-order valence-corrected chi connectivity index (χ2v) is 5.86. The number of esters is 1. The van der Waals surface area contributed by atoms with Gasteiger partial charge in [-0.05, 0) is 25.1 Å². The van der Waals surface area contributed by atoms with Gasteiger partial charge >= 0.3 is 5.97 Å². The van der Waals surface area contributed by atoms with Crippen LogP contribution in [0.1, 0.15) is 13.8 Å². The zero-order valence-electron chi connectivity index (χ0n) is 12.7. The number of hydrogen-bond donors (Lipinski definition) is 0. The van der Waals surface area contributed by atoms with Crippen LogP contribution in [0.5, 0.6) is 0 Å². The molecule has 1 heterocycles. The van der Waals surface area contributed by atoms with Gasteiger partial charge in [0.2, 0.25) is 0 Å². The van der Waals surface area contributed by atoms with Gasteiger partial charge in [0.15, 0.2) is 0 Å². The van der Waals surface area contributed by atoms with E-state index in [9.17, 15) is 4.79 Å². The topological polar surface area (TPSA) is 32.8 Å². The van der Waals surface area contributed by atoms with Gasteiger partial charge in [-0.2, -0.15) is 0 Å². The van der Waals surface area contributed by atoms with Gasteiger partial charge in [0.1, 0.15) is 0 Å². The predicted molar refractivity (Wildman–Crippen MR) is 85.9 cm³/mol. The molecule has 0 bridgehead atoms. The van der Waals surface area contributed by atoms with Crippen LogP contribution in [0.15, 0.2) is 24.3 Å². The SMILES string of the molecule is CCOC(=O)C(C)CN1CCN(c2cccc(Cl)c2)CC1. The van der Waals surface area contributed by atoms with E-state index in [0.29, 0.717) is 6.61 Å². The number of carbonyl (C=O) groups excluding carboxylic acids is 1. The number of benzene rings is 1. The van der Waals surface area contributed by atoms with Crippen LogP contribution in [0.25, 0.3) is 0 Å². The normalized spacial score (nSPS) is 17.6. The minimum atomic E-state index is -0.102. The standard InChI is InChI=1S/C16H23ClN2O2/c1-3-21-16(20)13(2)12-18-7-9-19(10-8-18)15-6-4-5-14(17)11-15/h4-6,11,13H,3,7-10,12H2,1-2H3. The summed E-state index contributed by atoms with van der Waals surface area (Å²) in [5.41, 5.74) is 1.17. The van der Waals surface area contributed by atoms with Crippen molar-refractivity contribution >= 4 is 23.3 Å². The zero-order chi connectivity index (χ0) is 15.2. The maximum Gasteiger partial charge on any atom is 0.309 e. The van der Waals surface area contributed by atoms with Gasteiger partial charge in [-0.1, -0.05) is 24.6 Å². The highest BCUT2D eigenvalue weighted by Gasteiger charge is 2.22. The molecule has 1 unspecified atom stereocenters. The molecule has 1 saturated heterocycles. The van der Waals surface area contributed by atoms with Crippen LogP contribution in [-0.2, 0) is 9.53 Å². The van der Waals surface area contributed by atoms with Crippen LogP contribution in [-0.4, -0.2) is 50.2 Å². The summed E-state index contributed by atoms with van der Waals surface area (Å²) in [6, 6.07) is 7.95. The maximum atomic E-state index is 11.7. The summed E-state index contributed by atoms with van der Waals surface area (Å²) in [6.07, 6.45) is 0. The molecule has 5 heteroatoms. The van der Waals surface area contributed by atoms with Gasteiger partial charge in [-0.25, -0.2) is 0 Å². The van der Waals surface area contributed by atoms with Gasteiger partial charge in [0, 0.05) is 43.4 Å². The van der Waals surface area contributed by atoms with Crippen molar-refractivity contribution in [2.24, 2.45) is 5.92 Å². The van der Waals surface area contributed by atoms with Crippen molar-refractivity contribution in [3.05, 3.63) is 29.3 Å². The van der Waals surface area contributed by atoms with Crippen LogP contribution in [0, 0.1) is 5.92 Å². The maximum absolute atomic E-state index is 11.7. The first kappa shape index (κ1) is 16.1. The number of piperazine rings is 1. The Hall–Kier alpha value is -1.26. The number of nitrogens with zero attached hydrogens (tertiary/aromatic N) is 2. The number of carbonyl (C=O) groups is 1. The van der Waals surface area contributed by atoms with E-state index >= 15 is 0 Å². The Morgan fingerprint density at radius 2 is 2.05 bits per heavy atom. The molecule has 0 aliphatic carbocycles. The van der Waals surface area contributed by atoms with Crippen LogP contribution in [0.4, 0.5) is 5.69 Å². The quantitative estimate of drug-likeness (QED) is 0.783. The molecule has 0 N–H and O–H groups in total. The Labute approximate surface area is 131 Å². The Morgan fingerprint density at radius 1 is 1.33 bits per heavy atom. The molecule has 116 valence electrons. The highest BCUT2D eigenvalue weighted by Crippen LogP contribution is 2.21. The molecule has 0 aromatic heterocycles. The van der Waals surface area contributed by atoms with Crippen molar-refractivity contribution in [2.75, 3.05) is 44.2 Å². The van der Waals surface area contributed by atoms with Crippen molar-refractivity contribution < 1.29 is 9.53 Å². The molecule has 2 rings (SSSR count). The minimum Gasteiger partial charge on any atom is -0.466 e. The second kappa shape index (κ2) is 7.66. The molecular formula is C16H23ClN2O2. The van der Waals surface area contributed by atoms with Crippen LogP contribution >= 0.6 is 11.6 Å². The fraction of sp³-hybridized carbons (Fsp3) is 0.562. The third-order valence-electron chi connectivity index (χ3n) is 3.77. The van der Waals surface area contributed by atoms with E-state index in [1.807, 2.05) is 32.0 Å². The zero-order valence-corrected chi connectivity index (χ0v) is 13.5. The van der Waals surface area contributed by atoms with Crippen molar-refractivity contribution in [3.8, 4) is 0 Å². The summed E-state index contributed by atoms with van der Waals surface area (Å²) in [5, 5.41) is 0.769. The summed E-state index contributed by atoms with van der Waals surface area (Å²) >= 11 is 6.04. The molecule has 1 aromatic rings. The van der Waals surface area contributed by atoms with E-state index in [4.69, 9.17) is 16.3 Å². The Morgan fingerprint density at radius 3 is 2.67 bits per heavy atom. The van der Waals surface area contributed by atoms with Crippen LogP contribution in [0.2, 0.25) is 5.02 Å². The van der Waals surface area contributed by atoms with Gasteiger partial charge < -0.3 is 9.64 Å². The summed E-state index contributed by atoms with van der Waals surface area (Å²) in [6.45, 7) is 8.81. The monoisotopic (exact) mass is 310 g/mol. The Kier molecular flexibility index (Phi) is 5.88. The van der Waals surface area contributed by atoms with Crippen molar-refractivity contribution in [3.63, 3.8) is 0 Å². The minimum absolute atomic E-state index is 0.0670. The average molecular weight is 311 g/mol. The Balaban J connectivity index is 1.82. The van der Waals surface area contributed by atoms with E-state index in [1.54, 1.807) is 0 Å². The van der Waals surface area contributed by atoms with Crippen LogP contribution in [0.3, 0.4) is 0 Å². The Bertz CT molecular complexity index is 473. The molecule has 0 amide bonds. The number of rotatable bonds is 5. The molecular weight excluding hydrogens is 288 g/mol. The summed E-state index contributed by atoms with van der Waals surface area (Å²) in [4.78, 5) is 16.3. The van der Waals surface area contributed by atoms with Crippen molar-refractivity contribution in [1.29, 1.82) is 0 Å². The summed E-state index contributed by atoms with van der Waals surface area (Å²) in [5.74, 6) is -0.169. The van der Waals surface area contributed by atoms with E-state index in [0.717, 1.165) is 37.7 Å². The second-order valence-electron chi connectivity index (χ2n) is 5.42. The molecule has 21 heavy (non-hydrogen) atoms. The van der Waals surface area contributed by atoms with E-state index in [1.165, 1.54) is 5.69 Å². The molecule has 4 nitrogen and oxygen atoms in total. The molecule has 1 atom stereocenters. The first-order valence-electron chi connectivity index (χ1n) is 7.49. The summed E-state index contributed by atoms with van der Waals surface area (Å²) < 4.78 is 5.06. The first-order chi connectivity index (χ1) is 10.1. The number of anilines is 1. The van der Waals surface area contributed by atoms with Gasteiger partial charge in [-0.15, -0.1) is 0 Å². The average Bonchev–Trinajstić information content (AvgIpc) is 2.48. The van der Waals surface area contributed by atoms with Crippen molar-refractivity contribution in [2.45, 2.75) is 13.8 Å². The fourth-order valence-electron chi connectivity index (χ4n) is 2.61. The summed E-state index contributed by atoms with van der Waals surface area (Å²) in [7, 11) is 0. The largest absolute Gasteiger partial charge is 0.466 e. The highest BCUT2D eigenvalue weighted by atomic mass is 35.5. The number of ether oxygens (including phenoxy) is 1. The number of hydrogen-bond acceptors (Lipinski definition) is 4. The fourth-order valence-corrected chi connectivity index (χ4v) is 2.79. The van der Waals surface area contributed by atoms with Crippen LogP contribution < -0.4 is 4.90 Å². The third-order valence-corrected chi connectivity index (χ3v) is 4.00. The molecule has 1 aliphatic heterocycles. The van der Waals surface area contributed by atoms with E-state index < -0.39 is 0 Å². The highest BCUT2D eigenvalue weighted by molar-refractivity contribution is 6.30.